The number of anilines is 1. The summed E-state index contributed by atoms with van der Waals surface area (Å²) in [6.07, 6.45) is 2.17. The fourth-order valence-electron chi connectivity index (χ4n) is 5.49. The van der Waals surface area contributed by atoms with Crippen molar-refractivity contribution in [1.82, 2.24) is 25.1 Å². The third-order valence-electron chi connectivity index (χ3n) is 7.97. The molecule has 2 heterocycles. The number of imidazole rings is 1. The summed E-state index contributed by atoms with van der Waals surface area (Å²) in [6.45, 7) is 15.1. The number of carbonyl (C=O) groups is 5. The summed E-state index contributed by atoms with van der Waals surface area (Å²) >= 11 is 0. The maximum atomic E-state index is 13.1. The summed E-state index contributed by atoms with van der Waals surface area (Å²) in [4.78, 5) is 75.7. The van der Waals surface area contributed by atoms with Crippen LogP contribution in [0.1, 0.15) is 112 Å². The Balaban J connectivity index is 1.38. The molecule has 0 aliphatic carbocycles. The van der Waals surface area contributed by atoms with E-state index in [2.05, 4.69) is 20.6 Å². The van der Waals surface area contributed by atoms with E-state index in [1.165, 1.54) is 4.90 Å². The zero-order chi connectivity index (χ0) is 36.8. The van der Waals surface area contributed by atoms with Crippen molar-refractivity contribution in [2.24, 2.45) is 0 Å². The Hall–Kier alpha value is -4.94. The van der Waals surface area contributed by atoms with Crippen LogP contribution in [0.3, 0.4) is 0 Å². The number of fused-ring (bicyclic) bond motifs is 1. The fraction of sp³-hybridized carbons (Fsp3) is 0.514. The normalized spacial score (nSPS) is 14.7. The van der Waals surface area contributed by atoms with Crippen LogP contribution < -0.4 is 10.6 Å². The van der Waals surface area contributed by atoms with Crippen LogP contribution in [0.2, 0.25) is 0 Å². The third-order valence-corrected chi connectivity index (χ3v) is 7.97. The number of aromatic amines is 1. The number of Topliss-reactive ketones (excluding diaryl/α,β-unsaturated/α-hetero) is 1. The van der Waals surface area contributed by atoms with Crippen LogP contribution in [0.4, 0.5) is 15.3 Å². The maximum Gasteiger partial charge on any atom is 0.410 e. The number of hydrogen-bond donors (Lipinski definition) is 3. The molecule has 1 aliphatic rings. The summed E-state index contributed by atoms with van der Waals surface area (Å²) in [6, 6.07) is 9.67. The summed E-state index contributed by atoms with van der Waals surface area (Å²) in [5.41, 5.74) is 1.78. The number of likely N-dealkylation sites (tertiary alicyclic amines) is 1. The van der Waals surface area contributed by atoms with E-state index < -0.39 is 29.1 Å². The van der Waals surface area contributed by atoms with E-state index in [0.717, 1.165) is 24.8 Å². The summed E-state index contributed by atoms with van der Waals surface area (Å²) in [7, 11) is 0. The van der Waals surface area contributed by atoms with Crippen LogP contribution in [0.25, 0.3) is 11.0 Å². The van der Waals surface area contributed by atoms with Gasteiger partial charge in [-0.05, 0) is 104 Å². The van der Waals surface area contributed by atoms with Gasteiger partial charge in [-0.25, -0.2) is 14.6 Å². The minimum Gasteiger partial charge on any atom is -0.444 e. The Bertz CT molecular complexity index is 1740. The molecule has 13 nitrogen and oxygen atoms in total. The van der Waals surface area contributed by atoms with Gasteiger partial charge in [0.25, 0.3) is 5.91 Å². The molecule has 2 aromatic carbocycles. The van der Waals surface area contributed by atoms with E-state index in [-0.39, 0.29) is 36.6 Å². The van der Waals surface area contributed by atoms with Crippen molar-refractivity contribution >= 4 is 46.5 Å². The number of hydrogen-bond acceptors (Lipinski definition) is 8. The van der Waals surface area contributed by atoms with Crippen molar-refractivity contribution in [3.05, 3.63) is 58.9 Å². The minimum absolute atomic E-state index is 0.204. The Morgan fingerprint density at radius 2 is 1.68 bits per heavy atom. The predicted octanol–water partition coefficient (Wildman–Crippen LogP) is 6.53. The van der Waals surface area contributed by atoms with Gasteiger partial charge in [0.2, 0.25) is 5.91 Å². The zero-order valence-electron chi connectivity index (χ0n) is 30.4. The molecule has 1 aromatic heterocycles. The minimum atomic E-state index is -0.699. The Morgan fingerprint density at radius 1 is 0.980 bits per heavy atom. The summed E-state index contributed by atoms with van der Waals surface area (Å²) in [5.74, 6) is -0.587. The van der Waals surface area contributed by atoms with Gasteiger partial charge >= 0.3 is 12.2 Å². The monoisotopic (exact) mass is 690 g/mol. The zero-order valence-corrected chi connectivity index (χ0v) is 30.4. The molecule has 50 heavy (non-hydrogen) atoms. The number of amides is 4. The first kappa shape index (κ1) is 37.9. The number of aryl methyl sites for hydroxylation is 1. The standard InChI is InChI=1S/C37H50N6O7/c1-9-10-17-42(34(47)49-36(3,4)5)22-31(45)39-27-20-25(14-13-23(27)2)33(46)38-21-30(44)24-15-16-26-28(19-24)41-32(40-26)29-12-11-18-43(29)35(48)50-37(6,7)8/h13-16,19-20,29H,9-12,17-18,21-22H2,1-8H3,(H,38,46)(H,39,45)(H,40,41)/t29-/m0/s1. The second-order valence-electron chi connectivity index (χ2n) is 14.6. The second-order valence-corrected chi connectivity index (χ2v) is 14.6. The van der Waals surface area contributed by atoms with E-state index in [4.69, 9.17) is 9.47 Å². The summed E-state index contributed by atoms with van der Waals surface area (Å²) < 4.78 is 11.1. The lowest BCUT2D eigenvalue weighted by Gasteiger charge is -2.27. The predicted molar refractivity (Wildman–Crippen MR) is 190 cm³/mol. The van der Waals surface area contributed by atoms with Crippen molar-refractivity contribution in [3.63, 3.8) is 0 Å². The van der Waals surface area contributed by atoms with Gasteiger partial charge < -0.3 is 25.1 Å². The van der Waals surface area contributed by atoms with Crippen molar-refractivity contribution in [1.29, 1.82) is 0 Å². The molecule has 0 radical (unpaired) electrons. The lowest BCUT2D eigenvalue weighted by Crippen LogP contribution is -2.41. The molecule has 3 N–H and O–H groups in total. The smallest absolute Gasteiger partial charge is 0.410 e. The highest BCUT2D eigenvalue weighted by Gasteiger charge is 2.35. The van der Waals surface area contributed by atoms with Crippen molar-refractivity contribution in [3.8, 4) is 0 Å². The molecule has 0 saturated carbocycles. The Labute approximate surface area is 293 Å². The average molecular weight is 691 g/mol. The molecular formula is C37H50N6O7. The number of H-pyrrole nitrogens is 1. The third kappa shape index (κ3) is 10.3. The van der Waals surface area contributed by atoms with E-state index >= 15 is 0 Å². The highest BCUT2D eigenvalue weighted by Crippen LogP contribution is 2.33. The number of unbranched alkanes of at least 4 members (excludes halogenated alkanes) is 1. The number of ketones is 1. The number of carbonyl (C=O) groups excluding carboxylic acids is 5. The van der Waals surface area contributed by atoms with E-state index in [1.807, 2.05) is 27.7 Å². The Kier molecular flexibility index (Phi) is 11.9. The van der Waals surface area contributed by atoms with E-state index in [1.54, 1.807) is 69.0 Å². The molecule has 0 spiro atoms. The molecule has 1 saturated heterocycles. The molecule has 13 heteroatoms. The Morgan fingerprint density at radius 3 is 2.36 bits per heavy atom. The number of benzene rings is 2. The molecule has 1 atom stereocenters. The van der Waals surface area contributed by atoms with Gasteiger partial charge in [-0.2, -0.15) is 0 Å². The van der Waals surface area contributed by atoms with Gasteiger partial charge in [0.15, 0.2) is 5.78 Å². The van der Waals surface area contributed by atoms with Gasteiger partial charge in [-0.1, -0.05) is 19.4 Å². The number of ether oxygens (including phenoxy) is 2. The van der Waals surface area contributed by atoms with Crippen LogP contribution in [0.5, 0.6) is 0 Å². The van der Waals surface area contributed by atoms with Crippen LogP contribution in [0, 0.1) is 6.92 Å². The van der Waals surface area contributed by atoms with Crippen molar-refractivity contribution in [2.45, 2.75) is 98.3 Å². The van der Waals surface area contributed by atoms with Gasteiger partial charge in [0.1, 0.15) is 23.6 Å². The second kappa shape index (κ2) is 15.7. The number of nitrogens with one attached hydrogen (secondary N) is 3. The largest absolute Gasteiger partial charge is 0.444 e. The molecule has 270 valence electrons. The molecule has 3 aromatic rings. The lowest BCUT2D eigenvalue weighted by atomic mass is 10.1. The average Bonchev–Trinajstić information content (AvgIpc) is 3.68. The van der Waals surface area contributed by atoms with Crippen molar-refractivity contribution < 1.29 is 33.4 Å². The first-order chi connectivity index (χ1) is 23.4. The SMILES string of the molecule is CCCCN(CC(=O)Nc1cc(C(=O)NCC(=O)c2ccc3nc([C@@H]4CCCN4C(=O)OC(C)(C)C)[nH]c3c2)ccc1C)C(=O)OC(C)(C)C. The lowest BCUT2D eigenvalue weighted by molar-refractivity contribution is -0.117. The van der Waals surface area contributed by atoms with Gasteiger partial charge in [-0.15, -0.1) is 0 Å². The van der Waals surface area contributed by atoms with Gasteiger partial charge in [-0.3, -0.25) is 24.2 Å². The molecule has 0 unspecified atom stereocenters. The van der Waals surface area contributed by atoms with E-state index in [9.17, 15) is 24.0 Å². The number of aromatic nitrogens is 2. The fourth-order valence-corrected chi connectivity index (χ4v) is 5.49. The number of nitrogens with zero attached hydrogens (tertiary/aromatic N) is 3. The topological polar surface area (TPSA) is 163 Å². The number of rotatable bonds is 11. The quantitative estimate of drug-likeness (QED) is 0.191. The van der Waals surface area contributed by atoms with Gasteiger partial charge in [0, 0.05) is 29.9 Å². The van der Waals surface area contributed by atoms with Crippen molar-refractivity contribution in [2.75, 3.05) is 31.5 Å². The molecule has 4 rings (SSSR count). The van der Waals surface area contributed by atoms with Crippen LogP contribution >= 0.6 is 0 Å². The highest BCUT2D eigenvalue weighted by molar-refractivity contribution is 6.04. The first-order valence-corrected chi connectivity index (χ1v) is 17.1. The molecule has 1 aliphatic heterocycles. The van der Waals surface area contributed by atoms with Crippen LogP contribution in [-0.4, -0.2) is 86.9 Å². The van der Waals surface area contributed by atoms with E-state index in [0.29, 0.717) is 47.6 Å². The van der Waals surface area contributed by atoms with Gasteiger partial charge in [0.05, 0.1) is 23.6 Å². The molecule has 1 fully saturated rings. The summed E-state index contributed by atoms with van der Waals surface area (Å²) in [5, 5.41) is 5.47. The molecule has 4 amide bonds. The maximum absolute atomic E-state index is 13.1. The molecule has 0 bridgehead atoms. The van der Waals surface area contributed by atoms with Crippen LogP contribution in [0.15, 0.2) is 36.4 Å². The van der Waals surface area contributed by atoms with Crippen LogP contribution in [-0.2, 0) is 14.3 Å². The first-order valence-electron chi connectivity index (χ1n) is 17.1. The highest BCUT2D eigenvalue weighted by atomic mass is 16.6. The molecular weight excluding hydrogens is 640 g/mol.